The van der Waals surface area contributed by atoms with Crippen LogP contribution in [0.25, 0.3) is 55.3 Å². The van der Waals surface area contributed by atoms with Crippen molar-refractivity contribution < 1.29 is 0 Å². The number of para-hydroxylation sites is 2. The molecule has 3 heteroatoms. The molecule has 0 amide bonds. The van der Waals surface area contributed by atoms with Crippen LogP contribution in [0.3, 0.4) is 0 Å². The number of benzene rings is 9. The summed E-state index contributed by atoms with van der Waals surface area (Å²) in [6, 6.07) is 80.7. The average molecular weight is 723 g/mol. The average Bonchev–Trinajstić information content (AvgIpc) is 3.27. The summed E-state index contributed by atoms with van der Waals surface area (Å²) in [7, 11) is 0.266. The van der Waals surface area contributed by atoms with E-state index in [9.17, 15) is 0 Å². The van der Waals surface area contributed by atoms with Gasteiger partial charge in [-0.05, 0) is 91.9 Å². The fourth-order valence-corrected chi connectivity index (χ4v) is 8.64. The van der Waals surface area contributed by atoms with Crippen LogP contribution in [0, 0.1) is 0 Å². The number of anilines is 4. The number of nitrogens with one attached hydrogen (secondary N) is 1. The zero-order valence-electron chi connectivity index (χ0n) is 30.3. The molecule has 262 valence electrons. The van der Waals surface area contributed by atoms with Gasteiger partial charge >= 0.3 is 0 Å². The van der Waals surface area contributed by atoms with Crippen molar-refractivity contribution in [3.8, 4) is 44.5 Å². The lowest BCUT2D eigenvalue weighted by molar-refractivity contribution is 1.42. The zero-order chi connectivity index (χ0) is 36.8. The SMILES string of the molecule is c1ccc(-c2cc(PN(c3cc4ccccc4cc3Nc3ccccc3-c3ccccc3)c3ccccc3-c3ccccc3)cc(-c3ccccc3)c2)cc1. The van der Waals surface area contributed by atoms with Gasteiger partial charge in [0.25, 0.3) is 0 Å². The van der Waals surface area contributed by atoms with Crippen LogP contribution in [-0.2, 0) is 0 Å². The predicted octanol–water partition coefficient (Wildman–Crippen LogP) is 14.3. The molecule has 9 aromatic carbocycles. The second-order valence-corrected chi connectivity index (χ2v) is 14.9. The van der Waals surface area contributed by atoms with Crippen molar-refractivity contribution in [3.63, 3.8) is 0 Å². The fourth-order valence-electron chi connectivity index (χ4n) is 7.32. The van der Waals surface area contributed by atoms with Gasteiger partial charge in [0.15, 0.2) is 0 Å². The third-order valence-corrected chi connectivity index (χ3v) is 11.3. The van der Waals surface area contributed by atoms with Gasteiger partial charge < -0.3 is 9.99 Å². The molecule has 0 spiro atoms. The molecule has 0 aliphatic heterocycles. The number of fused-ring (bicyclic) bond motifs is 1. The molecular weight excluding hydrogens is 684 g/mol. The monoisotopic (exact) mass is 722 g/mol. The van der Waals surface area contributed by atoms with E-state index < -0.39 is 0 Å². The first-order valence-electron chi connectivity index (χ1n) is 18.7. The molecule has 0 aliphatic rings. The second-order valence-electron chi connectivity index (χ2n) is 13.6. The van der Waals surface area contributed by atoms with Gasteiger partial charge in [-0.2, -0.15) is 0 Å². The minimum atomic E-state index is 0.266. The van der Waals surface area contributed by atoms with Crippen LogP contribution in [0.4, 0.5) is 22.7 Å². The topological polar surface area (TPSA) is 15.3 Å². The highest BCUT2D eigenvalue weighted by atomic mass is 31.1. The van der Waals surface area contributed by atoms with E-state index in [0.717, 1.165) is 28.3 Å². The molecule has 0 aliphatic carbocycles. The van der Waals surface area contributed by atoms with Crippen LogP contribution in [0.2, 0.25) is 0 Å². The van der Waals surface area contributed by atoms with Crippen molar-refractivity contribution in [1.82, 2.24) is 0 Å². The molecule has 1 atom stereocenters. The van der Waals surface area contributed by atoms with Crippen LogP contribution >= 0.6 is 8.73 Å². The van der Waals surface area contributed by atoms with E-state index in [1.54, 1.807) is 0 Å². The summed E-state index contributed by atoms with van der Waals surface area (Å²) in [4.78, 5) is 0. The molecule has 0 heterocycles. The Morgan fingerprint density at radius 3 is 1.36 bits per heavy atom. The lowest BCUT2D eigenvalue weighted by Crippen LogP contribution is -2.14. The Balaban J connectivity index is 1.27. The summed E-state index contributed by atoms with van der Waals surface area (Å²) in [5.74, 6) is 0. The summed E-state index contributed by atoms with van der Waals surface area (Å²) in [6.45, 7) is 0. The van der Waals surface area contributed by atoms with Crippen molar-refractivity contribution in [1.29, 1.82) is 0 Å². The highest BCUT2D eigenvalue weighted by Crippen LogP contribution is 2.47. The molecule has 0 saturated carbocycles. The molecule has 0 bridgehead atoms. The molecule has 55 heavy (non-hydrogen) atoms. The number of hydrogen-bond acceptors (Lipinski definition) is 2. The smallest absolute Gasteiger partial charge is 0.0691 e. The van der Waals surface area contributed by atoms with Gasteiger partial charge in [-0.1, -0.05) is 182 Å². The Morgan fingerprint density at radius 1 is 0.309 bits per heavy atom. The molecule has 1 N–H and O–H groups in total. The lowest BCUT2D eigenvalue weighted by Gasteiger charge is -2.30. The van der Waals surface area contributed by atoms with E-state index in [4.69, 9.17) is 0 Å². The Hall–Kier alpha value is -6.73. The minimum Gasteiger partial charge on any atom is -0.353 e. The van der Waals surface area contributed by atoms with Crippen molar-refractivity contribution in [2.45, 2.75) is 0 Å². The molecule has 9 rings (SSSR count). The van der Waals surface area contributed by atoms with Crippen LogP contribution in [0.5, 0.6) is 0 Å². The molecule has 0 fully saturated rings. The lowest BCUT2D eigenvalue weighted by atomic mass is 9.99. The molecule has 0 radical (unpaired) electrons. The first kappa shape index (κ1) is 34.1. The van der Waals surface area contributed by atoms with Gasteiger partial charge in [0, 0.05) is 25.5 Å². The van der Waals surface area contributed by atoms with E-state index >= 15 is 0 Å². The van der Waals surface area contributed by atoms with E-state index in [-0.39, 0.29) is 8.73 Å². The van der Waals surface area contributed by atoms with Crippen molar-refractivity contribution in [3.05, 3.63) is 224 Å². The number of hydrogen-bond donors (Lipinski definition) is 1. The third-order valence-electron chi connectivity index (χ3n) is 10.0. The normalized spacial score (nSPS) is 11.2. The minimum absolute atomic E-state index is 0.266. The van der Waals surface area contributed by atoms with Crippen molar-refractivity contribution >= 4 is 47.6 Å². The Labute approximate surface area is 325 Å². The van der Waals surface area contributed by atoms with E-state index in [0.29, 0.717) is 0 Å². The molecule has 1 unspecified atom stereocenters. The zero-order valence-corrected chi connectivity index (χ0v) is 31.3. The quantitative estimate of drug-likeness (QED) is 0.141. The van der Waals surface area contributed by atoms with Crippen LogP contribution < -0.4 is 15.3 Å². The Kier molecular flexibility index (Phi) is 9.73. The fraction of sp³-hybridized carbons (Fsp3) is 0. The predicted molar refractivity (Wildman–Crippen MR) is 238 cm³/mol. The highest BCUT2D eigenvalue weighted by Gasteiger charge is 2.21. The Bertz CT molecular complexity index is 2640. The first-order valence-corrected chi connectivity index (χ1v) is 19.6. The number of rotatable bonds is 10. The molecule has 0 aromatic heterocycles. The molecule has 9 aromatic rings. The highest BCUT2D eigenvalue weighted by molar-refractivity contribution is 7.49. The number of nitrogens with zero attached hydrogens (tertiary/aromatic N) is 1. The van der Waals surface area contributed by atoms with Gasteiger partial charge in [-0.15, -0.1) is 0 Å². The van der Waals surface area contributed by atoms with Crippen LogP contribution in [0.15, 0.2) is 224 Å². The van der Waals surface area contributed by atoms with E-state index in [2.05, 4.69) is 234 Å². The summed E-state index contributed by atoms with van der Waals surface area (Å²) in [5.41, 5.74) is 13.9. The molecular formula is C52H39N2P. The van der Waals surface area contributed by atoms with Crippen LogP contribution in [-0.4, -0.2) is 0 Å². The van der Waals surface area contributed by atoms with Crippen LogP contribution in [0.1, 0.15) is 0 Å². The van der Waals surface area contributed by atoms with Crippen molar-refractivity contribution in [2.75, 3.05) is 9.99 Å². The maximum atomic E-state index is 3.96. The van der Waals surface area contributed by atoms with Crippen molar-refractivity contribution in [2.24, 2.45) is 0 Å². The largest absolute Gasteiger partial charge is 0.353 e. The van der Waals surface area contributed by atoms with Gasteiger partial charge in [0.05, 0.1) is 17.1 Å². The van der Waals surface area contributed by atoms with Gasteiger partial charge in [0.1, 0.15) is 0 Å². The summed E-state index contributed by atoms with van der Waals surface area (Å²) in [5, 5.41) is 7.58. The standard InChI is InChI=1S/C52H39N2P/c1-5-19-38(20-6-1)44-33-45(39-21-7-2-8-22-39)35-46(34-44)55-54(51-32-18-16-30-48(51)41-25-11-4-12-26-41)52-37-43-28-14-13-27-42(43)36-50(52)53-49-31-17-15-29-47(49)40-23-9-3-10-24-40/h1-37,53,55H. The summed E-state index contributed by atoms with van der Waals surface area (Å²) < 4.78 is 2.53. The Morgan fingerprint density at radius 2 is 0.764 bits per heavy atom. The van der Waals surface area contributed by atoms with Gasteiger partial charge in [0.2, 0.25) is 0 Å². The maximum absolute atomic E-state index is 3.96. The third kappa shape index (κ3) is 7.42. The van der Waals surface area contributed by atoms with E-state index in [1.807, 2.05) is 0 Å². The molecule has 0 saturated heterocycles. The second kappa shape index (κ2) is 15.7. The molecule has 2 nitrogen and oxygen atoms in total. The maximum Gasteiger partial charge on any atom is 0.0691 e. The summed E-state index contributed by atoms with van der Waals surface area (Å²) >= 11 is 0. The van der Waals surface area contributed by atoms with Gasteiger partial charge in [-0.25, -0.2) is 0 Å². The van der Waals surface area contributed by atoms with E-state index in [1.165, 1.54) is 55.0 Å². The summed E-state index contributed by atoms with van der Waals surface area (Å²) in [6.07, 6.45) is 0. The van der Waals surface area contributed by atoms with Gasteiger partial charge in [-0.3, -0.25) is 0 Å². The first-order chi connectivity index (χ1) is 27.3.